The van der Waals surface area contributed by atoms with Crippen molar-refractivity contribution in [3.05, 3.63) is 34.9 Å². The summed E-state index contributed by atoms with van der Waals surface area (Å²) in [5.74, 6) is 0.632. The molecular weight excluding hydrogens is 232 g/mol. The number of rotatable bonds is 2. The average molecular weight is 241 g/mol. The summed E-state index contributed by atoms with van der Waals surface area (Å²) in [5, 5.41) is 1.11. The van der Waals surface area contributed by atoms with Crippen LogP contribution in [0.25, 0.3) is 0 Å². The molecule has 0 aliphatic carbocycles. The maximum atomic E-state index is 11.9. The summed E-state index contributed by atoms with van der Waals surface area (Å²) in [6.45, 7) is 0. The van der Waals surface area contributed by atoms with Crippen LogP contribution in [0.15, 0.2) is 29.3 Å². The van der Waals surface area contributed by atoms with Crippen LogP contribution >= 0.6 is 23.4 Å². The van der Waals surface area contributed by atoms with Crippen molar-refractivity contribution in [3.8, 4) is 0 Å². The van der Waals surface area contributed by atoms with Crippen molar-refractivity contribution in [2.24, 2.45) is 10.7 Å². The number of hydrogen-bond acceptors (Lipinski definition) is 4. The molecule has 1 aromatic carbocycles. The number of thioether (sulfide) groups is 1. The first kappa shape index (κ1) is 10.5. The van der Waals surface area contributed by atoms with Crippen molar-refractivity contribution in [3.63, 3.8) is 0 Å². The molecule has 1 aromatic rings. The number of carbonyl (C=O) groups excluding carboxylic acids is 1. The molecule has 0 amide bonds. The fraction of sp³-hybridized carbons (Fsp3) is 0.200. The van der Waals surface area contributed by atoms with E-state index in [9.17, 15) is 4.79 Å². The molecule has 78 valence electrons. The Morgan fingerprint density at radius 1 is 1.47 bits per heavy atom. The number of halogens is 1. The largest absolute Gasteiger partial charge is 0.379 e. The predicted molar refractivity (Wildman–Crippen MR) is 63.7 cm³/mol. The Hall–Kier alpha value is -1.000. The van der Waals surface area contributed by atoms with E-state index >= 15 is 0 Å². The van der Waals surface area contributed by atoms with Crippen LogP contribution in [0.1, 0.15) is 10.4 Å². The number of Topliss-reactive ketones (excluding diaryl/α,β-unsaturated/α-hetero) is 1. The Morgan fingerprint density at radius 2 is 2.13 bits per heavy atom. The quantitative estimate of drug-likeness (QED) is 0.804. The average Bonchev–Trinajstić information content (AvgIpc) is 2.65. The summed E-state index contributed by atoms with van der Waals surface area (Å²) in [7, 11) is 0. The fourth-order valence-electron chi connectivity index (χ4n) is 1.33. The van der Waals surface area contributed by atoms with Crippen LogP contribution in [0.3, 0.4) is 0 Å². The maximum absolute atomic E-state index is 11.9. The molecule has 0 radical (unpaired) electrons. The minimum absolute atomic E-state index is 0.000355. The van der Waals surface area contributed by atoms with E-state index in [2.05, 4.69) is 4.99 Å². The van der Waals surface area contributed by atoms with Gasteiger partial charge in [-0.05, 0) is 24.3 Å². The number of ketones is 1. The van der Waals surface area contributed by atoms with E-state index in [4.69, 9.17) is 17.3 Å². The standard InChI is InChI=1S/C10H9ClN2OS/c11-7-3-1-6(2-4-7)9(14)8-5-15-10(12)13-8/h1-4,8H,5H2,(H2,12,13). The van der Waals surface area contributed by atoms with Crippen molar-refractivity contribution >= 4 is 34.3 Å². The van der Waals surface area contributed by atoms with Crippen LogP contribution in [0.4, 0.5) is 0 Å². The van der Waals surface area contributed by atoms with Crippen molar-refractivity contribution in [2.45, 2.75) is 6.04 Å². The number of nitrogens with zero attached hydrogens (tertiary/aromatic N) is 1. The van der Waals surface area contributed by atoms with Gasteiger partial charge in [0.05, 0.1) is 0 Å². The monoisotopic (exact) mass is 240 g/mol. The van der Waals surface area contributed by atoms with Gasteiger partial charge in [0, 0.05) is 16.3 Å². The minimum atomic E-state index is -0.337. The van der Waals surface area contributed by atoms with Crippen LogP contribution in [0, 0.1) is 0 Å². The fourth-order valence-corrected chi connectivity index (χ4v) is 2.22. The molecule has 1 heterocycles. The Labute approximate surface area is 96.7 Å². The van der Waals surface area contributed by atoms with Gasteiger partial charge in [0.1, 0.15) is 6.04 Å². The molecule has 2 rings (SSSR count). The van der Waals surface area contributed by atoms with Gasteiger partial charge in [-0.2, -0.15) is 0 Å². The van der Waals surface area contributed by atoms with Crippen LogP contribution < -0.4 is 5.73 Å². The molecule has 0 fully saturated rings. The van der Waals surface area contributed by atoms with Crippen molar-refractivity contribution in [2.75, 3.05) is 5.75 Å². The highest BCUT2D eigenvalue weighted by Gasteiger charge is 2.24. The first-order valence-electron chi connectivity index (χ1n) is 4.42. The van der Waals surface area contributed by atoms with E-state index in [0.717, 1.165) is 0 Å². The normalized spacial score (nSPS) is 20.1. The summed E-state index contributed by atoms with van der Waals surface area (Å²) in [6.07, 6.45) is 0. The Bertz CT molecular complexity index is 416. The Kier molecular flexibility index (Phi) is 2.98. The molecular formula is C10H9ClN2OS. The molecule has 0 aromatic heterocycles. The van der Waals surface area contributed by atoms with E-state index in [0.29, 0.717) is 21.5 Å². The number of carbonyl (C=O) groups is 1. The van der Waals surface area contributed by atoms with Gasteiger partial charge in [0.15, 0.2) is 11.0 Å². The summed E-state index contributed by atoms with van der Waals surface area (Å²) >= 11 is 7.15. The van der Waals surface area contributed by atoms with Crippen molar-refractivity contribution < 1.29 is 4.79 Å². The summed E-state index contributed by atoms with van der Waals surface area (Å²) in [5.41, 5.74) is 6.13. The van der Waals surface area contributed by atoms with Crippen molar-refractivity contribution in [1.29, 1.82) is 0 Å². The van der Waals surface area contributed by atoms with E-state index < -0.39 is 0 Å². The van der Waals surface area contributed by atoms with Gasteiger partial charge in [-0.3, -0.25) is 9.79 Å². The summed E-state index contributed by atoms with van der Waals surface area (Å²) < 4.78 is 0. The van der Waals surface area contributed by atoms with Gasteiger partial charge in [-0.1, -0.05) is 23.4 Å². The third-order valence-corrected chi connectivity index (χ3v) is 3.24. The lowest BCUT2D eigenvalue weighted by molar-refractivity contribution is 0.0971. The second-order valence-electron chi connectivity index (χ2n) is 3.17. The molecule has 1 unspecified atom stereocenters. The first-order chi connectivity index (χ1) is 7.16. The zero-order valence-corrected chi connectivity index (χ0v) is 9.39. The van der Waals surface area contributed by atoms with E-state index in [1.54, 1.807) is 24.3 Å². The molecule has 1 aliphatic heterocycles. The van der Waals surface area contributed by atoms with Gasteiger partial charge < -0.3 is 5.73 Å². The topological polar surface area (TPSA) is 55.4 Å². The lowest BCUT2D eigenvalue weighted by atomic mass is 10.1. The third-order valence-electron chi connectivity index (χ3n) is 2.10. The number of aliphatic imine (C=N–C) groups is 1. The molecule has 0 saturated carbocycles. The molecule has 5 heteroatoms. The van der Waals surface area contributed by atoms with Gasteiger partial charge in [0.25, 0.3) is 0 Å². The molecule has 2 N–H and O–H groups in total. The zero-order valence-electron chi connectivity index (χ0n) is 7.81. The second kappa shape index (κ2) is 4.24. The lowest BCUT2D eigenvalue weighted by Crippen LogP contribution is -2.18. The van der Waals surface area contributed by atoms with Crippen molar-refractivity contribution in [1.82, 2.24) is 0 Å². The van der Waals surface area contributed by atoms with Gasteiger partial charge >= 0.3 is 0 Å². The van der Waals surface area contributed by atoms with Crippen LogP contribution in [0.5, 0.6) is 0 Å². The van der Waals surface area contributed by atoms with Crippen LogP contribution in [-0.2, 0) is 0 Å². The minimum Gasteiger partial charge on any atom is -0.379 e. The summed E-state index contributed by atoms with van der Waals surface area (Å²) in [6, 6.07) is 6.48. The zero-order chi connectivity index (χ0) is 10.8. The number of amidine groups is 1. The maximum Gasteiger partial charge on any atom is 0.188 e. The van der Waals surface area contributed by atoms with Crippen LogP contribution in [-0.4, -0.2) is 22.7 Å². The van der Waals surface area contributed by atoms with Gasteiger partial charge in [0.2, 0.25) is 0 Å². The molecule has 0 saturated heterocycles. The highest BCUT2D eigenvalue weighted by atomic mass is 35.5. The number of nitrogens with two attached hydrogens (primary N) is 1. The lowest BCUT2D eigenvalue weighted by Gasteiger charge is -2.04. The third kappa shape index (κ3) is 2.33. The molecule has 3 nitrogen and oxygen atoms in total. The van der Waals surface area contributed by atoms with Gasteiger partial charge in [-0.25, -0.2) is 0 Å². The summed E-state index contributed by atoms with van der Waals surface area (Å²) in [4.78, 5) is 15.9. The molecule has 15 heavy (non-hydrogen) atoms. The first-order valence-corrected chi connectivity index (χ1v) is 5.79. The van der Waals surface area contributed by atoms with Gasteiger partial charge in [-0.15, -0.1) is 0 Å². The molecule has 1 atom stereocenters. The molecule has 0 spiro atoms. The Balaban J connectivity index is 2.18. The molecule has 1 aliphatic rings. The predicted octanol–water partition coefficient (Wildman–Crippen LogP) is 1.95. The number of hydrogen-bond donors (Lipinski definition) is 1. The highest BCUT2D eigenvalue weighted by molar-refractivity contribution is 8.14. The van der Waals surface area contributed by atoms with E-state index in [1.807, 2.05) is 0 Å². The van der Waals surface area contributed by atoms with Crippen LogP contribution in [0.2, 0.25) is 5.02 Å². The SMILES string of the molecule is NC1=NC(C(=O)c2ccc(Cl)cc2)CS1. The van der Waals surface area contributed by atoms with E-state index in [-0.39, 0.29) is 11.8 Å². The van der Waals surface area contributed by atoms with E-state index in [1.165, 1.54) is 11.8 Å². The number of benzene rings is 1. The smallest absolute Gasteiger partial charge is 0.188 e. The second-order valence-corrected chi connectivity index (χ2v) is 4.64. The Morgan fingerprint density at radius 3 is 2.67 bits per heavy atom. The highest BCUT2D eigenvalue weighted by Crippen LogP contribution is 2.19. The molecule has 0 bridgehead atoms.